The summed E-state index contributed by atoms with van der Waals surface area (Å²) in [7, 11) is 1.70. The fourth-order valence-electron chi connectivity index (χ4n) is 2.88. The molecule has 1 fully saturated rings. The van der Waals surface area contributed by atoms with Gasteiger partial charge < -0.3 is 14.7 Å². The number of anilines is 2. The van der Waals surface area contributed by atoms with Gasteiger partial charge in [-0.05, 0) is 24.3 Å². The number of benzene rings is 1. The summed E-state index contributed by atoms with van der Waals surface area (Å²) in [6.07, 6.45) is 1.67. The van der Waals surface area contributed by atoms with E-state index in [9.17, 15) is 9.59 Å². The molecule has 6 nitrogen and oxygen atoms in total. The lowest BCUT2D eigenvalue weighted by atomic mass is 10.2. The van der Waals surface area contributed by atoms with Crippen molar-refractivity contribution < 1.29 is 9.59 Å². The summed E-state index contributed by atoms with van der Waals surface area (Å²) in [5.41, 5.74) is 0.792. The van der Waals surface area contributed by atoms with Gasteiger partial charge in [0.25, 0.3) is 0 Å². The van der Waals surface area contributed by atoms with Crippen LogP contribution in [0.5, 0.6) is 0 Å². The van der Waals surface area contributed by atoms with E-state index in [2.05, 4.69) is 9.88 Å². The van der Waals surface area contributed by atoms with E-state index in [1.54, 1.807) is 18.1 Å². The Labute approximate surface area is 147 Å². The van der Waals surface area contributed by atoms with Crippen LogP contribution in [-0.4, -0.2) is 54.9 Å². The Kier molecular flexibility index (Phi) is 5.28. The highest BCUT2D eigenvalue weighted by atomic mass is 16.2. The Morgan fingerprint density at radius 3 is 2.32 bits per heavy atom. The van der Waals surface area contributed by atoms with Gasteiger partial charge in [0.15, 0.2) is 0 Å². The smallest absolute Gasteiger partial charge is 0.236 e. The van der Waals surface area contributed by atoms with Crippen LogP contribution in [0.1, 0.15) is 6.42 Å². The SMILES string of the molecule is CN(C(=O)CC(=O)N1CCN(c2ccccn2)CC1)c1ccccc1. The van der Waals surface area contributed by atoms with Crippen LogP contribution in [0, 0.1) is 0 Å². The number of carbonyl (C=O) groups excluding carboxylic acids is 2. The van der Waals surface area contributed by atoms with Crippen molar-refractivity contribution >= 4 is 23.3 Å². The van der Waals surface area contributed by atoms with Gasteiger partial charge in [-0.3, -0.25) is 9.59 Å². The highest BCUT2D eigenvalue weighted by Gasteiger charge is 2.24. The molecule has 2 aromatic rings. The molecular weight excluding hydrogens is 316 g/mol. The topological polar surface area (TPSA) is 56.8 Å². The molecule has 1 saturated heterocycles. The average Bonchev–Trinajstić information content (AvgIpc) is 2.68. The van der Waals surface area contributed by atoms with Crippen molar-refractivity contribution in [3.05, 3.63) is 54.7 Å². The van der Waals surface area contributed by atoms with Gasteiger partial charge in [0.2, 0.25) is 11.8 Å². The van der Waals surface area contributed by atoms with Crippen molar-refractivity contribution in [2.24, 2.45) is 0 Å². The van der Waals surface area contributed by atoms with Crippen LogP contribution in [0.25, 0.3) is 0 Å². The van der Waals surface area contributed by atoms with Gasteiger partial charge in [-0.15, -0.1) is 0 Å². The van der Waals surface area contributed by atoms with Crippen LogP contribution in [-0.2, 0) is 9.59 Å². The molecule has 1 aromatic carbocycles. The Morgan fingerprint density at radius 2 is 1.68 bits per heavy atom. The predicted molar refractivity (Wildman–Crippen MR) is 97.5 cm³/mol. The molecule has 0 radical (unpaired) electrons. The first-order valence-electron chi connectivity index (χ1n) is 8.40. The lowest BCUT2D eigenvalue weighted by Gasteiger charge is -2.35. The van der Waals surface area contributed by atoms with Crippen molar-refractivity contribution in [2.45, 2.75) is 6.42 Å². The first kappa shape index (κ1) is 17.0. The zero-order valence-electron chi connectivity index (χ0n) is 14.3. The van der Waals surface area contributed by atoms with Crippen LogP contribution in [0.15, 0.2) is 54.7 Å². The molecular formula is C19H22N4O2. The fourth-order valence-corrected chi connectivity index (χ4v) is 2.88. The maximum Gasteiger partial charge on any atom is 0.236 e. The molecule has 6 heteroatoms. The number of hydrogen-bond acceptors (Lipinski definition) is 4. The van der Waals surface area contributed by atoms with E-state index in [4.69, 9.17) is 0 Å². The number of rotatable bonds is 4. The lowest BCUT2D eigenvalue weighted by Crippen LogP contribution is -2.49. The Bertz CT molecular complexity index is 713. The molecule has 0 spiro atoms. The molecule has 2 heterocycles. The number of carbonyl (C=O) groups is 2. The molecule has 0 saturated carbocycles. The second-order valence-corrected chi connectivity index (χ2v) is 6.02. The zero-order chi connectivity index (χ0) is 17.6. The summed E-state index contributed by atoms with van der Waals surface area (Å²) < 4.78 is 0. The van der Waals surface area contributed by atoms with E-state index in [1.165, 1.54) is 4.90 Å². The van der Waals surface area contributed by atoms with Gasteiger partial charge in [-0.1, -0.05) is 24.3 Å². The van der Waals surface area contributed by atoms with Crippen molar-refractivity contribution in [1.29, 1.82) is 0 Å². The third kappa shape index (κ3) is 4.15. The number of nitrogens with zero attached hydrogens (tertiary/aromatic N) is 4. The minimum atomic E-state index is -0.191. The van der Waals surface area contributed by atoms with Crippen LogP contribution in [0.3, 0.4) is 0 Å². The maximum absolute atomic E-state index is 12.4. The number of para-hydroxylation sites is 1. The summed E-state index contributed by atoms with van der Waals surface area (Å²) in [5.74, 6) is 0.617. The lowest BCUT2D eigenvalue weighted by molar-refractivity contribution is -0.135. The van der Waals surface area contributed by atoms with E-state index < -0.39 is 0 Å². The summed E-state index contributed by atoms with van der Waals surface area (Å²) in [6.45, 7) is 2.67. The first-order valence-corrected chi connectivity index (χ1v) is 8.40. The second kappa shape index (κ2) is 7.79. The Morgan fingerprint density at radius 1 is 1.00 bits per heavy atom. The summed E-state index contributed by atoms with van der Waals surface area (Å²) >= 11 is 0. The van der Waals surface area contributed by atoms with Crippen molar-refractivity contribution in [3.8, 4) is 0 Å². The highest BCUT2D eigenvalue weighted by Crippen LogP contribution is 2.15. The van der Waals surface area contributed by atoms with Crippen LogP contribution < -0.4 is 9.80 Å². The molecule has 0 unspecified atom stereocenters. The minimum absolute atomic E-state index is 0.102. The highest BCUT2D eigenvalue weighted by molar-refractivity contribution is 6.04. The monoisotopic (exact) mass is 338 g/mol. The molecule has 2 amide bonds. The van der Waals surface area contributed by atoms with Crippen LogP contribution in [0.4, 0.5) is 11.5 Å². The third-order valence-corrected chi connectivity index (χ3v) is 4.43. The number of piperazine rings is 1. The number of pyridine rings is 1. The molecule has 0 aliphatic carbocycles. The number of amides is 2. The minimum Gasteiger partial charge on any atom is -0.353 e. The van der Waals surface area contributed by atoms with Crippen LogP contribution in [0.2, 0.25) is 0 Å². The van der Waals surface area contributed by atoms with Gasteiger partial charge in [0.1, 0.15) is 12.2 Å². The van der Waals surface area contributed by atoms with E-state index in [-0.39, 0.29) is 18.2 Å². The molecule has 3 rings (SSSR count). The number of hydrogen-bond donors (Lipinski definition) is 0. The Hall–Kier alpha value is -2.89. The van der Waals surface area contributed by atoms with Crippen molar-refractivity contribution in [2.75, 3.05) is 43.0 Å². The zero-order valence-corrected chi connectivity index (χ0v) is 14.3. The summed E-state index contributed by atoms with van der Waals surface area (Å²) in [4.78, 5) is 34.6. The van der Waals surface area contributed by atoms with Gasteiger partial charge in [-0.25, -0.2) is 4.98 Å². The standard InChI is InChI=1S/C19H22N4O2/c1-21(16-7-3-2-4-8-16)18(24)15-19(25)23-13-11-22(12-14-23)17-9-5-6-10-20-17/h2-10H,11-15H2,1H3. The largest absolute Gasteiger partial charge is 0.353 e. The van der Waals surface area contributed by atoms with E-state index in [1.807, 2.05) is 48.5 Å². The fraction of sp³-hybridized carbons (Fsp3) is 0.316. The average molecular weight is 338 g/mol. The maximum atomic E-state index is 12.4. The number of aromatic nitrogens is 1. The first-order chi connectivity index (χ1) is 12.1. The molecule has 1 aliphatic rings. The van der Waals surface area contributed by atoms with Gasteiger partial charge >= 0.3 is 0 Å². The van der Waals surface area contributed by atoms with E-state index in [0.29, 0.717) is 13.1 Å². The van der Waals surface area contributed by atoms with E-state index >= 15 is 0 Å². The molecule has 0 bridgehead atoms. The molecule has 1 aromatic heterocycles. The summed E-state index contributed by atoms with van der Waals surface area (Å²) in [6, 6.07) is 15.2. The third-order valence-electron chi connectivity index (χ3n) is 4.43. The van der Waals surface area contributed by atoms with E-state index in [0.717, 1.165) is 24.6 Å². The second-order valence-electron chi connectivity index (χ2n) is 6.02. The molecule has 1 aliphatic heterocycles. The van der Waals surface area contributed by atoms with Crippen molar-refractivity contribution in [3.63, 3.8) is 0 Å². The molecule has 25 heavy (non-hydrogen) atoms. The van der Waals surface area contributed by atoms with Gasteiger partial charge in [0.05, 0.1) is 0 Å². The van der Waals surface area contributed by atoms with Gasteiger partial charge in [0, 0.05) is 45.1 Å². The predicted octanol–water partition coefficient (Wildman–Crippen LogP) is 1.78. The van der Waals surface area contributed by atoms with Crippen LogP contribution >= 0.6 is 0 Å². The molecule has 0 N–H and O–H groups in total. The Balaban J connectivity index is 1.52. The molecule has 0 atom stereocenters. The molecule has 130 valence electrons. The van der Waals surface area contributed by atoms with Gasteiger partial charge in [-0.2, -0.15) is 0 Å². The quantitative estimate of drug-likeness (QED) is 0.798. The summed E-state index contributed by atoms with van der Waals surface area (Å²) in [5, 5.41) is 0. The van der Waals surface area contributed by atoms with Crippen molar-refractivity contribution in [1.82, 2.24) is 9.88 Å². The normalized spacial score (nSPS) is 14.3.